The zero-order valence-corrected chi connectivity index (χ0v) is 21.9. The molecule has 4 nitrogen and oxygen atoms in total. The van der Waals surface area contributed by atoms with Crippen LogP contribution < -0.4 is 0 Å². The van der Waals surface area contributed by atoms with Crippen molar-refractivity contribution in [1.82, 2.24) is 0 Å². The fourth-order valence-electron chi connectivity index (χ4n) is 4.82. The summed E-state index contributed by atoms with van der Waals surface area (Å²) in [6, 6.07) is 0. The van der Waals surface area contributed by atoms with E-state index < -0.39 is 17.8 Å². The maximum Gasteiger partial charge on any atom is 0.313 e. The Morgan fingerprint density at radius 2 is 1.36 bits per heavy atom. The molecule has 0 aromatic rings. The van der Waals surface area contributed by atoms with Crippen LogP contribution in [0.5, 0.6) is 0 Å². The molecule has 0 aromatic carbocycles. The minimum Gasteiger partial charge on any atom is -0.481 e. The van der Waals surface area contributed by atoms with E-state index in [4.69, 9.17) is 4.74 Å². The highest BCUT2D eigenvalue weighted by molar-refractivity contribution is 5.83. The van der Waals surface area contributed by atoms with Crippen LogP contribution in [0, 0.1) is 17.8 Å². The number of esters is 1. The Kier molecular flexibility index (Phi) is 17.1. The first-order chi connectivity index (χ1) is 16.0. The number of aliphatic carboxylic acids is 1. The van der Waals surface area contributed by atoms with E-state index in [1.165, 1.54) is 77.0 Å². The molecule has 0 radical (unpaired) electrons. The van der Waals surface area contributed by atoms with Crippen molar-refractivity contribution in [2.75, 3.05) is 0 Å². The minimum absolute atomic E-state index is 0.0723. The van der Waals surface area contributed by atoms with Crippen molar-refractivity contribution < 1.29 is 19.4 Å². The summed E-state index contributed by atoms with van der Waals surface area (Å²) in [6.07, 6.45) is 24.2. The van der Waals surface area contributed by atoms with E-state index in [1.807, 2.05) is 6.08 Å². The summed E-state index contributed by atoms with van der Waals surface area (Å²) in [5.74, 6) is -1.74. The molecule has 1 N–H and O–H groups in total. The van der Waals surface area contributed by atoms with E-state index >= 15 is 0 Å². The number of ether oxygens (including phenoxy) is 1. The van der Waals surface area contributed by atoms with E-state index in [2.05, 4.69) is 20.8 Å². The van der Waals surface area contributed by atoms with Gasteiger partial charge in [0, 0.05) is 0 Å². The SMILES string of the molecule is CCCCCCCCCCCC(CCCCCCC(C)C)OC(=O)C1C=CCCC1C(=O)O. The second-order valence-electron chi connectivity index (χ2n) is 10.5. The Bertz CT molecular complexity index is 540. The van der Waals surface area contributed by atoms with Gasteiger partial charge in [0.1, 0.15) is 6.10 Å². The molecule has 0 saturated heterocycles. The maximum atomic E-state index is 12.9. The van der Waals surface area contributed by atoms with Crippen molar-refractivity contribution in [3.8, 4) is 0 Å². The highest BCUT2D eigenvalue weighted by atomic mass is 16.5. The van der Waals surface area contributed by atoms with Crippen LogP contribution >= 0.6 is 0 Å². The van der Waals surface area contributed by atoms with Gasteiger partial charge >= 0.3 is 11.9 Å². The second kappa shape index (κ2) is 19.0. The molecule has 0 aromatic heterocycles. The smallest absolute Gasteiger partial charge is 0.313 e. The Morgan fingerprint density at radius 1 is 0.848 bits per heavy atom. The molecule has 3 unspecified atom stereocenters. The first kappa shape index (κ1) is 29.7. The van der Waals surface area contributed by atoms with Gasteiger partial charge in [0.2, 0.25) is 0 Å². The summed E-state index contributed by atoms with van der Waals surface area (Å²) in [6.45, 7) is 6.79. The quantitative estimate of drug-likeness (QED) is 0.111. The summed E-state index contributed by atoms with van der Waals surface area (Å²) in [7, 11) is 0. The number of allylic oxidation sites excluding steroid dienone is 1. The fraction of sp³-hybridized carbons (Fsp3) is 0.862. The van der Waals surface area contributed by atoms with Crippen molar-refractivity contribution in [3.05, 3.63) is 12.2 Å². The molecule has 1 aliphatic carbocycles. The molecular weight excluding hydrogens is 412 g/mol. The first-order valence-corrected chi connectivity index (χ1v) is 14.1. The van der Waals surface area contributed by atoms with Gasteiger partial charge in [-0.05, 0) is 44.4 Å². The van der Waals surface area contributed by atoms with Crippen molar-refractivity contribution in [2.45, 2.75) is 142 Å². The van der Waals surface area contributed by atoms with E-state index in [-0.39, 0.29) is 12.1 Å². The molecule has 0 bridgehead atoms. The number of hydrogen-bond donors (Lipinski definition) is 1. The molecular formula is C29H52O4. The van der Waals surface area contributed by atoms with E-state index in [9.17, 15) is 14.7 Å². The lowest BCUT2D eigenvalue weighted by molar-refractivity contribution is -0.160. The number of carbonyl (C=O) groups excluding carboxylic acids is 1. The van der Waals surface area contributed by atoms with Gasteiger partial charge in [0.05, 0.1) is 11.8 Å². The molecule has 0 spiro atoms. The molecule has 0 heterocycles. The standard InChI is InChI=1S/C29H52O4/c1-4-5-6-7-8-9-10-11-15-20-25(21-16-13-12-14-19-24(2)3)33-29(32)27-23-18-17-22-26(27)28(30)31/h18,23-27H,4-17,19-22H2,1-3H3,(H,30,31). The lowest BCUT2D eigenvalue weighted by atomic mass is 9.84. The van der Waals surface area contributed by atoms with Gasteiger partial charge in [0.15, 0.2) is 0 Å². The van der Waals surface area contributed by atoms with E-state index in [0.717, 1.165) is 38.0 Å². The number of carbonyl (C=O) groups is 2. The summed E-state index contributed by atoms with van der Waals surface area (Å²) in [4.78, 5) is 24.4. The van der Waals surface area contributed by atoms with Gasteiger partial charge in [-0.3, -0.25) is 9.59 Å². The van der Waals surface area contributed by atoms with E-state index in [0.29, 0.717) is 6.42 Å². The van der Waals surface area contributed by atoms with Crippen molar-refractivity contribution in [1.29, 1.82) is 0 Å². The lowest BCUT2D eigenvalue weighted by Gasteiger charge is -2.26. The lowest BCUT2D eigenvalue weighted by Crippen LogP contribution is -2.33. The van der Waals surface area contributed by atoms with Gasteiger partial charge in [-0.25, -0.2) is 0 Å². The highest BCUT2D eigenvalue weighted by Crippen LogP contribution is 2.28. The number of carboxylic acid groups (broad SMARTS) is 1. The topological polar surface area (TPSA) is 63.6 Å². The van der Waals surface area contributed by atoms with Gasteiger partial charge in [-0.1, -0.05) is 110 Å². The third kappa shape index (κ3) is 14.5. The number of rotatable bonds is 20. The normalized spacial score (nSPS) is 19.0. The number of unbranched alkanes of at least 4 members (excludes halogenated alkanes) is 11. The fourth-order valence-corrected chi connectivity index (χ4v) is 4.82. The van der Waals surface area contributed by atoms with Crippen LogP contribution in [0.1, 0.15) is 136 Å². The van der Waals surface area contributed by atoms with Crippen LogP contribution in [0.15, 0.2) is 12.2 Å². The summed E-state index contributed by atoms with van der Waals surface area (Å²) in [5, 5.41) is 9.50. The predicted molar refractivity (Wildman–Crippen MR) is 137 cm³/mol. The Morgan fingerprint density at radius 3 is 1.88 bits per heavy atom. The molecule has 1 aliphatic rings. The Balaban J connectivity index is 2.43. The van der Waals surface area contributed by atoms with Crippen molar-refractivity contribution >= 4 is 11.9 Å². The zero-order chi connectivity index (χ0) is 24.3. The van der Waals surface area contributed by atoms with Crippen LogP contribution in [0.3, 0.4) is 0 Å². The largest absolute Gasteiger partial charge is 0.481 e. The molecule has 3 atom stereocenters. The van der Waals surface area contributed by atoms with Crippen LogP contribution in [-0.2, 0) is 14.3 Å². The molecule has 0 amide bonds. The van der Waals surface area contributed by atoms with Crippen molar-refractivity contribution in [3.63, 3.8) is 0 Å². The average Bonchev–Trinajstić information content (AvgIpc) is 2.79. The zero-order valence-electron chi connectivity index (χ0n) is 21.9. The molecule has 33 heavy (non-hydrogen) atoms. The molecule has 0 fully saturated rings. The van der Waals surface area contributed by atoms with Crippen LogP contribution in [0.4, 0.5) is 0 Å². The molecule has 4 heteroatoms. The minimum atomic E-state index is -0.887. The van der Waals surface area contributed by atoms with Crippen molar-refractivity contribution in [2.24, 2.45) is 17.8 Å². The van der Waals surface area contributed by atoms with Gasteiger partial charge in [0.25, 0.3) is 0 Å². The average molecular weight is 465 g/mol. The molecule has 1 rings (SSSR count). The van der Waals surface area contributed by atoms with E-state index in [1.54, 1.807) is 6.08 Å². The Labute approximate surface area is 203 Å². The maximum absolute atomic E-state index is 12.9. The predicted octanol–water partition coefficient (Wildman–Crippen LogP) is 8.48. The van der Waals surface area contributed by atoms with Crippen LogP contribution in [0.2, 0.25) is 0 Å². The summed E-state index contributed by atoms with van der Waals surface area (Å²) >= 11 is 0. The highest BCUT2D eigenvalue weighted by Gasteiger charge is 2.35. The third-order valence-corrected chi connectivity index (χ3v) is 6.98. The Hall–Kier alpha value is -1.32. The third-order valence-electron chi connectivity index (χ3n) is 6.98. The monoisotopic (exact) mass is 464 g/mol. The summed E-state index contributed by atoms with van der Waals surface area (Å²) < 4.78 is 5.93. The second-order valence-corrected chi connectivity index (χ2v) is 10.5. The van der Waals surface area contributed by atoms with Gasteiger partial charge < -0.3 is 9.84 Å². The number of carboxylic acids is 1. The molecule has 0 aliphatic heterocycles. The molecule has 192 valence electrons. The van der Waals surface area contributed by atoms with Gasteiger partial charge in [-0.15, -0.1) is 0 Å². The van der Waals surface area contributed by atoms with Crippen LogP contribution in [0.25, 0.3) is 0 Å². The number of hydrogen-bond acceptors (Lipinski definition) is 3. The van der Waals surface area contributed by atoms with Gasteiger partial charge in [-0.2, -0.15) is 0 Å². The molecule has 0 saturated carbocycles. The summed E-state index contributed by atoms with van der Waals surface area (Å²) in [5.41, 5.74) is 0. The first-order valence-electron chi connectivity index (χ1n) is 14.1. The van der Waals surface area contributed by atoms with Crippen LogP contribution in [-0.4, -0.2) is 23.1 Å².